The topological polar surface area (TPSA) is 129 Å². The van der Waals surface area contributed by atoms with Gasteiger partial charge in [0.05, 0.1) is 52.1 Å². The van der Waals surface area contributed by atoms with Crippen molar-refractivity contribution in [2.75, 3.05) is 10.6 Å². The molecule has 7 heterocycles. The van der Waals surface area contributed by atoms with Crippen LogP contribution in [0.2, 0.25) is 0 Å². The lowest BCUT2D eigenvalue weighted by Crippen LogP contribution is -2.56. The monoisotopic (exact) mass is 1700 g/mol. The summed E-state index contributed by atoms with van der Waals surface area (Å²) in [6.07, 6.45) is 20.4. The molecule has 11 aromatic rings. The number of carbonyl (C=O) groups excluding carboxylic acids is 2. The Labute approximate surface area is 765 Å². The number of aryl methyl sites for hydroxylation is 11. The molecule has 1 saturated carbocycles. The summed E-state index contributed by atoms with van der Waals surface area (Å²) in [5.41, 5.74) is 21.6. The molecule has 2 spiro atoms. The lowest BCUT2D eigenvalue weighted by atomic mass is 9.77. The number of hydrogen-bond donors (Lipinski definition) is 2. The van der Waals surface area contributed by atoms with E-state index in [9.17, 15) is 9.59 Å². The van der Waals surface area contributed by atoms with Crippen LogP contribution in [-0.2, 0) is 20.4 Å². The summed E-state index contributed by atoms with van der Waals surface area (Å²) in [7, 11) is 17.8. The number of ether oxygens (including phenoxy) is 5. The number of fused-ring (bicyclic) bond motifs is 16. The maximum atomic E-state index is 11.3. The molecule has 9 aliphatic rings. The average molecular weight is 1700 g/mol. The Kier molecular flexibility index (Phi) is 31.9. The highest BCUT2D eigenvalue weighted by Crippen LogP contribution is 2.55. The number of anilines is 2. The fourth-order valence-electron chi connectivity index (χ4n) is 17.3. The van der Waals surface area contributed by atoms with Gasteiger partial charge in [0.1, 0.15) is 63.7 Å². The zero-order valence-electron chi connectivity index (χ0n) is 81.7. The van der Waals surface area contributed by atoms with E-state index in [1.807, 2.05) is 191 Å². The Morgan fingerprint density at radius 3 is 1.40 bits per heavy atom. The first kappa shape index (κ1) is 99.4. The molecule has 6 atom stereocenters. The third-order valence-corrected chi connectivity index (χ3v) is 24.2. The summed E-state index contributed by atoms with van der Waals surface area (Å²) < 4.78 is 30.8. The van der Waals surface area contributed by atoms with Crippen LogP contribution in [0.3, 0.4) is 0 Å². The zero-order valence-corrected chi connectivity index (χ0v) is 81.7. The molecule has 7 aliphatic heterocycles. The van der Waals surface area contributed by atoms with E-state index in [1.54, 1.807) is 0 Å². The SMILES string of the molecule is CC.CC.CC.CC.CC.CC.CC1=C2C(=O)CC(=O)C2CC=C1.Cc1cc2c(cc1C)C(C)(C)C1(C=Nc3c(cc(C)c4c(C)cccc34)O1)N2.Cc1ccc2c3c(ccc2c1)N=CC1(Nc2cc(C)c(C)cc2C1(C)C)O3.[2HH].[B]C1(C)C=Cc2c(cc(C)c3c(C)cccc23)O1.[B]C1(C)C=Cc2ccc(C)cc2O1.[B]C1(C)C=Cc2ccc3cc(C)ccc3c2O1. The number of carbonyl (C=O) groups is 2. The van der Waals surface area contributed by atoms with Gasteiger partial charge in [0.2, 0.25) is 11.4 Å². The fraction of sp³-hybridized carbons (Fsp3) is 0.363. The van der Waals surface area contributed by atoms with Crippen molar-refractivity contribution in [1.29, 1.82) is 0 Å². The van der Waals surface area contributed by atoms with Crippen LogP contribution in [0.15, 0.2) is 203 Å². The molecule has 11 aromatic carbocycles. The van der Waals surface area contributed by atoms with Crippen LogP contribution in [0, 0.1) is 82.1 Å². The molecule has 2 N–H and O–H groups in total. The Morgan fingerprint density at radius 1 is 0.394 bits per heavy atom. The molecule has 2 aliphatic carbocycles. The third-order valence-electron chi connectivity index (χ3n) is 24.2. The van der Waals surface area contributed by atoms with Crippen molar-refractivity contribution in [2.24, 2.45) is 15.9 Å². The van der Waals surface area contributed by atoms with Crippen LogP contribution < -0.4 is 34.3 Å². The molecule has 1 fully saturated rings. The van der Waals surface area contributed by atoms with E-state index in [1.165, 1.54) is 99.3 Å². The van der Waals surface area contributed by atoms with E-state index < -0.39 is 28.0 Å². The van der Waals surface area contributed by atoms with E-state index in [0.29, 0.717) is 0 Å². The molecule has 0 amide bonds. The first-order valence-corrected chi connectivity index (χ1v) is 45.8. The van der Waals surface area contributed by atoms with Crippen LogP contribution in [0.25, 0.3) is 61.3 Å². The summed E-state index contributed by atoms with van der Waals surface area (Å²) >= 11 is 0. The largest absolute Gasteiger partial charge is 0.493 e. The van der Waals surface area contributed by atoms with Crippen molar-refractivity contribution in [3.8, 4) is 28.7 Å². The predicted molar refractivity (Wildman–Crippen MR) is 550 cm³/mol. The van der Waals surface area contributed by atoms with Crippen LogP contribution in [0.1, 0.15) is 242 Å². The number of ketones is 2. The second kappa shape index (κ2) is 40.7. The maximum Gasteiger partial charge on any atom is 0.226 e. The van der Waals surface area contributed by atoms with Crippen molar-refractivity contribution >= 4 is 132 Å². The van der Waals surface area contributed by atoms with E-state index in [4.69, 9.17) is 57.2 Å². The second-order valence-corrected chi connectivity index (χ2v) is 34.4. The number of hydrogen-bond acceptors (Lipinski definition) is 11. The van der Waals surface area contributed by atoms with Gasteiger partial charge in [0.25, 0.3) is 0 Å². The molecule has 0 bridgehead atoms. The molecule has 6 radical (unpaired) electrons. The lowest BCUT2D eigenvalue weighted by Gasteiger charge is -2.41. The van der Waals surface area contributed by atoms with E-state index in [2.05, 4.69) is 247 Å². The number of Topliss-reactive ketones (excluding diaryl/α,β-unsaturated/α-hetero) is 2. The molecule has 20 rings (SSSR count). The summed E-state index contributed by atoms with van der Waals surface area (Å²) in [6.45, 7) is 63.8. The zero-order chi connectivity index (χ0) is 94.0. The van der Waals surface area contributed by atoms with Crippen molar-refractivity contribution in [2.45, 2.75) is 266 Å². The molecule has 6 unspecified atom stereocenters. The Hall–Kier alpha value is -11.4. The second-order valence-electron chi connectivity index (χ2n) is 34.4. The number of allylic oxidation sites excluding steroid dienone is 4. The summed E-state index contributed by atoms with van der Waals surface area (Å²) in [5.74, 6) is 4.35. The standard InChI is InChI=1S/C25H26N2O.C24H24N2O.C16H15BO.C15H13BO.C11H11BO.C10H10O2.6C2H6.H2/c1-14-8-7-9-18-22(14)17(4)12-21-23(18)26-13-25(28-21)24(5,6)19-10-15(2)16(3)11-20(19)27-25;1-14-6-8-18-17(10-14)7-9-20-22(18)27-24(13-25-20)23(4,5)19-11-15(2)16(3)12-21(19)26-24;1-10-5-4-6-13-12-7-8-16(3,17)18-14(12)9-11(2)15(10)13;1-10-3-6-13-12(9-10)5-4-11-7-8-15(2,16)17-14(11)13;1-8-3-4-9-5-6-11(2,12)13-10(9)7-8;1-6-3-2-4-7-8(11)5-9(12)10(6)7;6*1-2;/h7-13,27H,1-6H3;6-13,26H,1-5H3;4-9H,1-3H3;3-9H,1-2H3;3-7H,1-2H3;2-3,7H,4-5H2,1H3;6*1-2H3;1H/i;;;;;;;;;;;;1+1. The number of aliphatic imine (C=N–C) groups is 2. The quantitative estimate of drug-likeness (QED) is 0.113. The number of nitrogens with one attached hydrogen (secondary N) is 2. The third kappa shape index (κ3) is 20.5. The molecular formula is C113H137B3N4O7. The van der Waals surface area contributed by atoms with Crippen molar-refractivity contribution in [3.05, 3.63) is 282 Å². The van der Waals surface area contributed by atoms with Gasteiger partial charge in [0.15, 0.2) is 11.5 Å². The average Bonchev–Trinajstić information content (AvgIpc) is 1.55. The first-order chi connectivity index (χ1) is 60.3. The molecular weight excluding hydrogens is 1560 g/mol. The van der Waals surface area contributed by atoms with Gasteiger partial charge in [-0.1, -0.05) is 258 Å². The van der Waals surface area contributed by atoms with Crippen LogP contribution >= 0.6 is 0 Å². The van der Waals surface area contributed by atoms with Gasteiger partial charge in [-0.05, 0) is 268 Å². The molecule has 0 saturated heterocycles. The van der Waals surface area contributed by atoms with Gasteiger partial charge in [-0.15, -0.1) is 0 Å². The maximum absolute atomic E-state index is 11.3. The molecule has 14 heteroatoms. The summed E-state index contributed by atoms with van der Waals surface area (Å²) in [5, 5.41) is 16.9. The molecule has 11 nitrogen and oxygen atoms in total. The molecule has 0 aromatic heterocycles. The van der Waals surface area contributed by atoms with Crippen molar-refractivity contribution in [3.63, 3.8) is 0 Å². The normalized spacial score (nSPS) is 20.9. The fourth-order valence-corrected chi connectivity index (χ4v) is 17.3. The predicted octanol–water partition coefficient (Wildman–Crippen LogP) is 29.5. The highest BCUT2D eigenvalue weighted by molar-refractivity contribution is 6.19. The summed E-state index contributed by atoms with van der Waals surface area (Å²) in [4.78, 5) is 32.4. The van der Waals surface area contributed by atoms with E-state index >= 15 is 0 Å². The lowest BCUT2D eigenvalue weighted by molar-refractivity contribution is -0.122. The minimum Gasteiger partial charge on any atom is -0.493 e. The number of benzene rings is 11. The van der Waals surface area contributed by atoms with Crippen LogP contribution in [0.4, 0.5) is 22.7 Å². The van der Waals surface area contributed by atoms with Gasteiger partial charge in [-0.3, -0.25) is 19.6 Å². The van der Waals surface area contributed by atoms with Gasteiger partial charge in [-0.2, -0.15) is 0 Å². The van der Waals surface area contributed by atoms with Crippen LogP contribution in [-0.4, -0.2) is 75.5 Å². The van der Waals surface area contributed by atoms with Gasteiger partial charge in [0, 0.05) is 51.2 Å². The first-order valence-electron chi connectivity index (χ1n) is 45.8. The number of nitrogens with zero attached hydrogens (tertiary/aromatic N) is 2. The Bertz CT molecular complexity index is 6180. The van der Waals surface area contributed by atoms with Crippen LogP contribution in [0.5, 0.6) is 28.7 Å². The minimum absolute atomic E-state index is 0. The Balaban J connectivity index is 0.000000189. The van der Waals surface area contributed by atoms with Crippen molar-refractivity contribution < 1.29 is 34.7 Å². The van der Waals surface area contributed by atoms with Gasteiger partial charge >= 0.3 is 0 Å². The molecule has 660 valence electrons. The van der Waals surface area contributed by atoms with E-state index in [0.717, 1.165) is 102 Å². The smallest absolute Gasteiger partial charge is 0.226 e. The van der Waals surface area contributed by atoms with Crippen molar-refractivity contribution in [1.82, 2.24) is 0 Å². The van der Waals surface area contributed by atoms with Gasteiger partial charge < -0.3 is 34.3 Å². The number of rotatable bonds is 0. The van der Waals surface area contributed by atoms with E-state index in [-0.39, 0.29) is 36.2 Å². The summed E-state index contributed by atoms with van der Waals surface area (Å²) in [6, 6.07) is 53.3. The Morgan fingerprint density at radius 2 is 0.843 bits per heavy atom. The highest BCUT2D eigenvalue weighted by Gasteiger charge is 2.57. The highest BCUT2D eigenvalue weighted by atomic mass is 16.5. The minimum atomic E-state index is -0.716. The van der Waals surface area contributed by atoms with Gasteiger partial charge in [-0.25, -0.2) is 0 Å². The molecule has 127 heavy (non-hydrogen) atoms.